The molecular formula is C14H19N3O3. The Bertz CT molecular complexity index is 474. The van der Waals surface area contributed by atoms with Crippen molar-refractivity contribution in [2.24, 2.45) is 0 Å². The van der Waals surface area contributed by atoms with E-state index in [2.05, 4.69) is 5.32 Å². The van der Waals surface area contributed by atoms with Crippen LogP contribution in [0.5, 0.6) is 0 Å². The van der Waals surface area contributed by atoms with E-state index in [9.17, 15) is 9.59 Å². The number of esters is 1. The number of ether oxygens (including phenoxy) is 1. The predicted octanol–water partition coefficient (Wildman–Crippen LogP) is 1.24. The van der Waals surface area contributed by atoms with E-state index in [-0.39, 0.29) is 18.4 Å². The molecule has 0 saturated carbocycles. The fourth-order valence-electron chi connectivity index (χ4n) is 1.40. The molecule has 6 nitrogen and oxygen atoms in total. The zero-order valence-corrected chi connectivity index (χ0v) is 11.7. The third kappa shape index (κ3) is 5.09. The number of guanidine groups is 1. The molecule has 0 heterocycles. The average molecular weight is 277 g/mol. The highest BCUT2D eigenvalue weighted by atomic mass is 16.5. The summed E-state index contributed by atoms with van der Waals surface area (Å²) in [6, 6.07) is 8.59. The van der Waals surface area contributed by atoms with E-state index in [0.29, 0.717) is 12.2 Å². The summed E-state index contributed by atoms with van der Waals surface area (Å²) in [5, 5.41) is 10.2. The van der Waals surface area contributed by atoms with E-state index >= 15 is 0 Å². The molecule has 0 aliphatic heterocycles. The number of amides is 1. The Morgan fingerprint density at radius 1 is 1.30 bits per heavy atom. The normalized spacial score (nSPS) is 9.70. The second kappa shape index (κ2) is 7.93. The summed E-state index contributed by atoms with van der Waals surface area (Å²) in [6.45, 7) is 2.18. The Morgan fingerprint density at radius 3 is 2.55 bits per heavy atom. The highest BCUT2D eigenvalue weighted by Crippen LogP contribution is 1.98. The Kier molecular flexibility index (Phi) is 6.22. The largest absolute Gasteiger partial charge is 0.464 e. The first-order chi connectivity index (χ1) is 9.54. The number of hydrogen-bond acceptors (Lipinski definition) is 4. The summed E-state index contributed by atoms with van der Waals surface area (Å²) in [6.07, 6.45) is 0.748. The van der Waals surface area contributed by atoms with Gasteiger partial charge < -0.3 is 9.64 Å². The van der Waals surface area contributed by atoms with Gasteiger partial charge in [0.15, 0.2) is 5.96 Å². The van der Waals surface area contributed by atoms with Crippen molar-refractivity contribution in [2.75, 3.05) is 20.2 Å². The van der Waals surface area contributed by atoms with Crippen molar-refractivity contribution in [2.45, 2.75) is 13.3 Å². The van der Waals surface area contributed by atoms with Crippen molar-refractivity contribution in [3.63, 3.8) is 0 Å². The van der Waals surface area contributed by atoms with Gasteiger partial charge in [-0.1, -0.05) is 25.1 Å². The van der Waals surface area contributed by atoms with Crippen LogP contribution in [0, 0.1) is 5.41 Å². The van der Waals surface area contributed by atoms with Crippen LogP contribution in [0.15, 0.2) is 30.3 Å². The molecule has 0 aromatic heterocycles. The molecule has 0 aliphatic rings. The molecule has 108 valence electrons. The van der Waals surface area contributed by atoms with Crippen LogP contribution in [0.4, 0.5) is 0 Å². The van der Waals surface area contributed by atoms with Gasteiger partial charge in [-0.2, -0.15) is 0 Å². The molecule has 2 N–H and O–H groups in total. The minimum absolute atomic E-state index is 0.0755. The number of nitrogens with zero attached hydrogens (tertiary/aromatic N) is 1. The zero-order chi connectivity index (χ0) is 15.0. The summed E-state index contributed by atoms with van der Waals surface area (Å²) in [7, 11) is 1.54. The van der Waals surface area contributed by atoms with Crippen LogP contribution >= 0.6 is 0 Å². The van der Waals surface area contributed by atoms with Gasteiger partial charge in [0, 0.05) is 12.6 Å². The van der Waals surface area contributed by atoms with E-state index in [0.717, 1.165) is 6.42 Å². The summed E-state index contributed by atoms with van der Waals surface area (Å²) in [4.78, 5) is 24.5. The molecule has 1 aromatic rings. The maximum atomic E-state index is 11.8. The minimum Gasteiger partial charge on any atom is -0.464 e. The lowest BCUT2D eigenvalue weighted by Gasteiger charge is -2.19. The minimum atomic E-state index is -0.423. The molecule has 0 atom stereocenters. The molecule has 0 aliphatic carbocycles. The third-order valence-corrected chi connectivity index (χ3v) is 2.48. The first-order valence-corrected chi connectivity index (χ1v) is 6.36. The third-order valence-electron chi connectivity index (χ3n) is 2.48. The quantitative estimate of drug-likeness (QED) is 0.482. The summed E-state index contributed by atoms with van der Waals surface area (Å²) in [5.74, 6) is -0.954. The topological polar surface area (TPSA) is 82.5 Å². The highest BCUT2D eigenvalue weighted by Gasteiger charge is 2.14. The summed E-state index contributed by atoms with van der Waals surface area (Å²) < 4.78 is 4.91. The SMILES string of the molecule is CCCOC(=O)CN(C)C(=N)NC(=O)c1ccccc1. The predicted molar refractivity (Wildman–Crippen MR) is 75.5 cm³/mol. The van der Waals surface area contributed by atoms with Gasteiger partial charge in [-0.25, -0.2) is 0 Å². The van der Waals surface area contributed by atoms with Gasteiger partial charge in [0.1, 0.15) is 6.54 Å². The van der Waals surface area contributed by atoms with Crippen molar-refractivity contribution in [3.8, 4) is 0 Å². The maximum absolute atomic E-state index is 11.8. The standard InChI is InChI=1S/C14H19N3O3/c1-3-9-20-12(18)10-17(2)14(15)16-13(19)11-7-5-4-6-8-11/h4-8H,3,9-10H2,1-2H3,(H2,15,16,19). The molecule has 0 spiro atoms. The monoisotopic (exact) mass is 277 g/mol. The molecule has 20 heavy (non-hydrogen) atoms. The molecule has 0 fully saturated rings. The summed E-state index contributed by atoms with van der Waals surface area (Å²) >= 11 is 0. The van der Waals surface area contributed by atoms with Gasteiger partial charge in [-0.05, 0) is 18.6 Å². The van der Waals surface area contributed by atoms with Crippen LogP contribution in [-0.2, 0) is 9.53 Å². The Hall–Kier alpha value is -2.37. The fourth-order valence-corrected chi connectivity index (χ4v) is 1.40. The molecule has 1 aromatic carbocycles. The number of benzene rings is 1. The van der Waals surface area contributed by atoms with Crippen molar-refractivity contribution in [1.29, 1.82) is 5.41 Å². The lowest BCUT2D eigenvalue weighted by Crippen LogP contribution is -2.43. The van der Waals surface area contributed by atoms with Gasteiger partial charge >= 0.3 is 5.97 Å². The first kappa shape index (κ1) is 15.7. The number of hydrogen-bond donors (Lipinski definition) is 2. The van der Waals surface area contributed by atoms with E-state index in [4.69, 9.17) is 10.1 Å². The molecule has 6 heteroatoms. The van der Waals surface area contributed by atoms with E-state index in [1.54, 1.807) is 37.4 Å². The van der Waals surface area contributed by atoms with Crippen molar-refractivity contribution >= 4 is 17.8 Å². The van der Waals surface area contributed by atoms with Crippen molar-refractivity contribution in [3.05, 3.63) is 35.9 Å². The molecule has 1 amide bonds. The van der Waals surface area contributed by atoms with Crippen LogP contribution in [0.3, 0.4) is 0 Å². The van der Waals surface area contributed by atoms with E-state index < -0.39 is 5.97 Å². The number of carbonyl (C=O) groups is 2. The van der Waals surface area contributed by atoms with Crippen LogP contribution in [-0.4, -0.2) is 42.9 Å². The van der Waals surface area contributed by atoms with Gasteiger partial charge in [0.2, 0.25) is 0 Å². The molecule has 1 rings (SSSR count). The van der Waals surface area contributed by atoms with E-state index in [1.807, 2.05) is 6.92 Å². The Morgan fingerprint density at radius 2 is 1.95 bits per heavy atom. The van der Waals surface area contributed by atoms with Crippen LogP contribution in [0.2, 0.25) is 0 Å². The second-order valence-electron chi connectivity index (χ2n) is 4.25. The number of rotatable bonds is 5. The molecule has 0 bridgehead atoms. The van der Waals surface area contributed by atoms with Gasteiger partial charge in [0.05, 0.1) is 6.61 Å². The zero-order valence-electron chi connectivity index (χ0n) is 11.7. The van der Waals surface area contributed by atoms with E-state index in [1.165, 1.54) is 4.90 Å². The Balaban J connectivity index is 2.46. The lowest BCUT2D eigenvalue weighted by molar-refractivity contribution is -0.143. The molecule has 0 unspecified atom stereocenters. The number of carbonyl (C=O) groups excluding carboxylic acids is 2. The molecular weight excluding hydrogens is 258 g/mol. The molecule has 0 saturated heterocycles. The number of likely N-dealkylation sites (N-methyl/N-ethyl adjacent to an activating group) is 1. The Labute approximate surface area is 118 Å². The first-order valence-electron chi connectivity index (χ1n) is 6.36. The van der Waals surface area contributed by atoms with Gasteiger partial charge in [-0.3, -0.25) is 20.3 Å². The second-order valence-corrected chi connectivity index (χ2v) is 4.25. The van der Waals surface area contributed by atoms with Crippen LogP contribution in [0.25, 0.3) is 0 Å². The van der Waals surface area contributed by atoms with Gasteiger partial charge in [-0.15, -0.1) is 0 Å². The molecule has 0 radical (unpaired) electrons. The lowest BCUT2D eigenvalue weighted by atomic mass is 10.2. The smallest absolute Gasteiger partial charge is 0.325 e. The maximum Gasteiger partial charge on any atom is 0.325 e. The van der Waals surface area contributed by atoms with Crippen molar-refractivity contribution < 1.29 is 14.3 Å². The number of nitrogens with one attached hydrogen (secondary N) is 2. The summed E-state index contributed by atoms with van der Waals surface area (Å²) in [5.41, 5.74) is 0.458. The van der Waals surface area contributed by atoms with Crippen LogP contribution in [0.1, 0.15) is 23.7 Å². The van der Waals surface area contributed by atoms with Crippen molar-refractivity contribution in [1.82, 2.24) is 10.2 Å². The van der Waals surface area contributed by atoms with Gasteiger partial charge in [0.25, 0.3) is 5.91 Å². The van der Waals surface area contributed by atoms with Crippen LogP contribution < -0.4 is 5.32 Å². The fraction of sp³-hybridized carbons (Fsp3) is 0.357. The highest BCUT2D eigenvalue weighted by molar-refractivity contribution is 6.05. The average Bonchev–Trinajstić information content (AvgIpc) is 2.45.